The van der Waals surface area contributed by atoms with E-state index >= 15 is 0 Å². The van der Waals surface area contributed by atoms with Crippen LogP contribution in [0.4, 0.5) is 10.5 Å². The zero-order valence-corrected chi connectivity index (χ0v) is 16.8. The predicted molar refractivity (Wildman–Crippen MR) is 107 cm³/mol. The van der Waals surface area contributed by atoms with Crippen LogP contribution in [0.2, 0.25) is 0 Å². The van der Waals surface area contributed by atoms with Crippen LogP contribution in [0.15, 0.2) is 18.2 Å². The topological polar surface area (TPSA) is 95.6 Å². The van der Waals surface area contributed by atoms with Crippen LogP contribution in [0.5, 0.6) is 0 Å². The molecule has 7 heteroatoms. The van der Waals surface area contributed by atoms with Crippen molar-refractivity contribution in [1.29, 1.82) is 0 Å². The lowest BCUT2D eigenvalue weighted by atomic mass is 9.85. The maximum absolute atomic E-state index is 12.4. The third-order valence-electron chi connectivity index (χ3n) is 6.78. The number of anilines is 1. The van der Waals surface area contributed by atoms with Gasteiger partial charge in [-0.25, -0.2) is 4.79 Å². The molecule has 2 fully saturated rings. The minimum absolute atomic E-state index is 0.287. The molecule has 3 aliphatic rings. The van der Waals surface area contributed by atoms with Crippen molar-refractivity contribution in [3.8, 4) is 0 Å². The second-order valence-electron chi connectivity index (χ2n) is 8.61. The first kappa shape index (κ1) is 19.6. The standard InChI is InChI=1S/C22H27N3O4/c1-25-21(29)24-20(28)22(25)12-15-8-9-17(11-16(15)13-22)23-19(27)18(26)10-7-14-5-3-2-4-6-14/h8-9,11,14H,2-7,10,12-13H2,1H3,(H,23,27)(H,24,28,29). The number of nitrogens with one attached hydrogen (secondary N) is 2. The number of carbonyl (C=O) groups excluding carboxylic acids is 4. The zero-order valence-electron chi connectivity index (χ0n) is 16.8. The molecular formula is C22H27N3O4. The van der Waals surface area contributed by atoms with Crippen LogP contribution in [0.25, 0.3) is 0 Å². The molecule has 1 saturated carbocycles. The number of urea groups is 1. The summed E-state index contributed by atoms with van der Waals surface area (Å²) in [6.07, 6.45) is 7.96. The molecule has 29 heavy (non-hydrogen) atoms. The van der Waals surface area contributed by atoms with E-state index < -0.39 is 11.4 Å². The Morgan fingerprint density at radius 2 is 1.86 bits per heavy atom. The highest BCUT2D eigenvalue weighted by molar-refractivity contribution is 6.40. The summed E-state index contributed by atoms with van der Waals surface area (Å²) >= 11 is 0. The molecule has 1 saturated heterocycles. The molecule has 4 rings (SSSR count). The van der Waals surface area contributed by atoms with E-state index in [1.54, 1.807) is 19.2 Å². The summed E-state index contributed by atoms with van der Waals surface area (Å²) in [5, 5.41) is 5.07. The van der Waals surface area contributed by atoms with Crippen molar-refractivity contribution in [3.05, 3.63) is 29.3 Å². The van der Waals surface area contributed by atoms with Gasteiger partial charge in [-0.3, -0.25) is 19.7 Å². The number of imide groups is 1. The summed E-state index contributed by atoms with van der Waals surface area (Å²) in [4.78, 5) is 50.2. The summed E-state index contributed by atoms with van der Waals surface area (Å²) < 4.78 is 0. The van der Waals surface area contributed by atoms with E-state index in [0.717, 1.165) is 30.4 Å². The minimum Gasteiger partial charge on any atom is -0.319 e. The number of Topliss-reactive ketones (excluding diaryl/α,β-unsaturated/α-hetero) is 1. The smallest absolute Gasteiger partial charge is 0.319 e. The van der Waals surface area contributed by atoms with Crippen molar-refractivity contribution >= 4 is 29.3 Å². The quantitative estimate of drug-likeness (QED) is 0.590. The fraction of sp³-hybridized carbons (Fsp3) is 0.545. The summed E-state index contributed by atoms with van der Waals surface area (Å²) in [6.45, 7) is 0. The molecule has 0 radical (unpaired) electrons. The maximum Gasteiger partial charge on any atom is 0.324 e. The minimum atomic E-state index is -0.891. The van der Waals surface area contributed by atoms with Crippen molar-refractivity contribution < 1.29 is 19.2 Å². The van der Waals surface area contributed by atoms with Crippen molar-refractivity contribution in [2.24, 2.45) is 5.92 Å². The summed E-state index contributed by atoms with van der Waals surface area (Å²) in [7, 11) is 1.62. The molecule has 0 aromatic heterocycles. The van der Waals surface area contributed by atoms with E-state index in [1.165, 1.54) is 24.2 Å². The normalized spacial score (nSPS) is 24.0. The highest BCUT2D eigenvalue weighted by Crippen LogP contribution is 2.38. The first-order valence-electron chi connectivity index (χ1n) is 10.4. The van der Waals surface area contributed by atoms with Crippen molar-refractivity contribution in [2.45, 2.75) is 63.3 Å². The highest BCUT2D eigenvalue weighted by atomic mass is 16.2. The molecule has 0 bridgehead atoms. The van der Waals surface area contributed by atoms with Gasteiger partial charge in [0.25, 0.3) is 11.8 Å². The number of amides is 4. The Bertz CT molecular complexity index is 875. The Kier molecular flexibility index (Phi) is 5.15. The SMILES string of the molecule is CN1C(=O)NC(=O)C12Cc1ccc(NC(=O)C(=O)CCC3CCCCC3)cc1C2. The lowest BCUT2D eigenvalue weighted by Crippen LogP contribution is -2.48. The Labute approximate surface area is 170 Å². The van der Waals surface area contributed by atoms with Crippen LogP contribution < -0.4 is 10.6 Å². The number of ketones is 1. The molecule has 1 aliphatic heterocycles. The first-order chi connectivity index (χ1) is 13.9. The lowest BCUT2D eigenvalue weighted by Gasteiger charge is -2.27. The number of fused-ring (bicyclic) bond motifs is 1. The van der Waals surface area contributed by atoms with E-state index in [2.05, 4.69) is 10.6 Å². The number of likely N-dealkylation sites (N-methyl/N-ethyl adjacent to an activating group) is 1. The molecule has 4 amide bonds. The van der Waals surface area contributed by atoms with Crippen molar-refractivity contribution in [2.75, 3.05) is 12.4 Å². The maximum atomic E-state index is 12.4. The number of hydrogen-bond acceptors (Lipinski definition) is 4. The largest absolute Gasteiger partial charge is 0.324 e. The summed E-state index contributed by atoms with van der Waals surface area (Å²) in [5.74, 6) is -0.689. The Balaban J connectivity index is 1.37. The number of rotatable bonds is 5. The molecule has 1 atom stereocenters. The van der Waals surface area contributed by atoms with E-state index in [4.69, 9.17) is 0 Å². The molecule has 1 aromatic carbocycles. The fourth-order valence-corrected chi connectivity index (χ4v) is 4.90. The van der Waals surface area contributed by atoms with Gasteiger partial charge in [-0.15, -0.1) is 0 Å². The third kappa shape index (κ3) is 3.66. The molecular weight excluding hydrogens is 370 g/mol. The van der Waals surface area contributed by atoms with Crippen LogP contribution in [0.1, 0.15) is 56.1 Å². The van der Waals surface area contributed by atoms with Gasteiger partial charge in [-0.1, -0.05) is 38.2 Å². The van der Waals surface area contributed by atoms with Gasteiger partial charge in [-0.2, -0.15) is 0 Å². The first-order valence-corrected chi connectivity index (χ1v) is 10.4. The van der Waals surface area contributed by atoms with Gasteiger partial charge in [0.15, 0.2) is 0 Å². The molecule has 1 spiro atoms. The van der Waals surface area contributed by atoms with Crippen molar-refractivity contribution in [3.63, 3.8) is 0 Å². The van der Waals surface area contributed by atoms with Crippen LogP contribution >= 0.6 is 0 Å². The Morgan fingerprint density at radius 1 is 1.14 bits per heavy atom. The summed E-state index contributed by atoms with van der Waals surface area (Å²) in [5.41, 5.74) is 1.54. The fourth-order valence-electron chi connectivity index (χ4n) is 4.90. The Morgan fingerprint density at radius 3 is 2.55 bits per heavy atom. The van der Waals surface area contributed by atoms with E-state index in [0.29, 0.717) is 24.4 Å². The third-order valence-corrected chi connectivity index (χ3v) is 6.78. The molecule has 1 heterocycles. The number of hydrogen-bond donors (Lipinski definition) is 2. The van der Waals surface area contributed by atoms with Crippen LogP contribution in [-0.4, -0.2) is 41.1 Å². The molecule has 1 unspecified atom stereocenters. The monoisotopic (exact) mass is 397 g/mol. The predicted octanol–water partition coefficient (Wildman–Crippen LogP) is 2.57. The van der Waals surface area contributed by atoms with Crippen LogP contribution in [-0.2, 0) is 27.2 Å². The lowest BCUT2D eigenvalue weighted by molar-refractivity contribution is -0.135. The molecule has 2 aliphatic carbocycles. The van der Waals surface area contributed by atoms with Crippen LogP contribution in [0.3, 0.4) is 0 Å². The van der Waals surface area contributed by atoms with Crippen LogP contribution in [0, 0.1) is 5.92 Å². The molecule has 154 valence electrons. The van der Waals surface area contributed by atoms with Gasteiger partial charge in [0.05, 0.1) is 0 Å². The van der Waals surface area contributed by atoms with Gasteiger partial charge < -0.3 is 10.2 Å². The molecule has 7 nitrogen and oxygen atoms in total. The zero-order chi connectivity index (χ0) is 20.6. The van der Waals surface area contributed by atoms with Gasteiger partial charge in [0.2, 0.25) is 5.78 Å². The number of benzene rings is 1. The highest BCUT2D eigenvalue weighted by Gasteiger charge is 2.54. The number of nitrogens with zero attached hydrogens (tertiary/aromatic N) is 1. The second-order valence-corrected chi connectivity index (χ2v) is 8.61. The van der Waals surface area contributed by atoms with E-state index in [1.807, 2.05) is 6.07 Å². The number of carbonyl (C=O) groups is 4. The van der Waals surface area contributed by atoms with Gasteiger partial charge in [0.1, 0.15) is 5.54 Å². The van der Waals surface area contributed by atoms with Gasteiger partial charge in [-0.05, 0) is 35.6 Å². The van der Waals surface area contributed by atoms with E-state index in [-0.39, 0.29) is 24.1 Å². The van der Waals surface area contributed by atoms with Gasteiger partial charge >= 0.3 is 6.03 Å². The molecule has 2 N–H and O–H groups in total. The Hall–Kier alpha value is -2.70. The average Bonchev–Trinajstić information content (AvgIpc) is 3.20. The van der Waals surface area contributed by atoms with Gasteiger partial charge in [0, 0.05) is 32.0 Å². The van der Waals surface area contributed by atoms with Crippen molar-refractivity contribution in [1.82, 2.24) is 10.2 Å². The summed E-state index contributed by atoms with van der Waals surface area (Å²) in [6, 6.07) is 5.02. The average molecular weight is 397 g/mol. The van der Waals surface area contributed by atoms with E-state index in [9.17, 15) is 19.2 Å². The second kappa shape index (κ2) is 7.61. The molecule has 1 aromatic rings.